The highest BCUT2D eigenvalue weighted by Crippen LogP contribution is 2.39. The van der Waals surface area contributed by atoms with E-state index >= 15 is 0 Å². The maximum absolute atomic E-state index is 12.9. The molecule has 0 saturated carbocycles. The lowest BCUT2D eigenvalue weighted by Gasteiger charge is -2.13. The van der Waals surface area contributed by atoms with Crippen LogP contribution >= 0.6 is 0 Å². The van der Waals surface area contributed by atoms with Gasteiger partial charge in [0.1, 0.15) is 18.1 Å². The van der Waals surface area contributed by atoms with Gasteiger partial charge < -0.3 is 20.1 Å². The number of benzene rings is 4. The van der Waals surface area contributed by atoms with Crippen LogP contribution in [0.1, 0.15) is 38.8 Å². The molecule has 1 unspecified atom stereocenters. The molecule has 5 rings (SSSR count). The fraction of sp³-hybridized carbons (Fsp3) is 0.138. The van der Waals surface area contributed by atoms with Gasteiger partial charge in [-0.2, -0.15) is 0 Å². The molecule has 170 valence electrons. The van der Waals surface area contributed by atoms with E-state index < -0.39 is 0 Å². The summed E-state index contributed by atoms with van der Waals surface area (Å²) in [6.07, 6.45) is -0.251. The second-order valence-electron chi connectivity index (χ2n) is 8.45. The molecule has 4 aromatic carbocycles. The molecule has 0 bridgehead atoms. The van der Waals surface area contributed by atoms with Gasteiger partial charge in [-0.05, 0) is 66.9 Å². The Bertz CT molecular complexity index is 1330. The number of nitrogens with one attached hydrogen (secondary N) is 2. The Kier molecular flexibility index (Phi) is 5.91. The Morgan fingerprint density at radius 2 is 1.76 bits per heavy atom. The quantitative estimate of drug-likeness (QED) is 0.346. The fourth-order valence-electron chi connectivity index (χ4n) is 3.87. The summed E-state index contributed by atoms with van der Waals surface area (Å²) in [6.45, 7) is 4.64. The Labute approximate surface area is 199 Å². The van der Waals surface area contributed by atoms with E-state index in [-0.39, 0.29) is 12.1 Å². The van der Waals surface area contributed by atoms with E-state index in [4.69, 9.17) is 9.47 Å². The smallest absolute Gasteiger partial charge is 0.255 e. The lowest BCUT2D eigenvalue weighted by Crippen LogP contribution is -2.12. The number of ether oxygens (including phenoxy) is 2. The van der Waals surface area contributed by atoms with E-state index in [2.05, 4.69) is 42.7 Å². The summed E-state index contributed by atoms with van der Waals surface area (Å²) in [5, 5.41) is 6.37. The van der Waals surface area contributed by atoms with Crippen molar-refractivity contribution >= 4 is 17.3 Å². The number of hydrogen-bond donors (Lipinski definition) is 2. The number of rotatable bonds is 6. The molecule has 1 aliphatic rings. The molecule has 4 aromatic rings. The molecule has 0 spiro atoms. The second kappa shape index (κ2) is 9.32. The molecular formula is C29H26N2O3. The third-order valence-electron chi connectivity index (χ3n) is 5.95. The monoisotopic (exact) mass is 450 g/mol. The van der Waals surface area contributed by atoms with Gasteiger partial charge in [-0.1, -0.05) is 54.6 Å². The number of anilines is 2. The van der Waals surface area contributed by atoms with Gasteiger partial charge in [0.05, 0.1) is 5.69 Å². The summed E-state index contributed by atoms with van der Waals surface area (Å²) in [5.41, 5.74) is 6.68. The van der Waals surface area contributed by atoms with E-state index in [1.165, 1.54) is 11.1 Å². The zero-order chi connectivity index (χ0) is 23.5. The maximum Gasteiger partial charge on any atom is 0.255 e. The van der Waals surface area contributed by atoms with Crippen molar-refractivity contribution in [1.82, 2.24) is 0 Å². The van der Waals surface area contributed by atoms with Gasteiger partial charge in [0.15, 0.2) is 6.23 Å². The van der Waals surface area contributed by atoms with E-state index in [1.54, 1.807) is 12.1 Å². The van der Waals surface area contributed by atoms with Crippen LogP contribution in [0.25, 0.3) is 0 Å². The Morgan fingerprint density at radius 1 is 0.912 bits per heavy atom. The van der Waals surface area contributed by atoms with Crippen LogP contribution in [0, 0.1) is 13.8 Å². The lowest BCUT2D eigenvalue weighted by atomic mass is 10.1. The third-order valence-corrected chi connectivity index (χ3v) is 5.95. The highest BCUT2D eigenvalue weighted by atomic mass is 16.5. The van der Waals surface area contributed by atoms with E-state index in [0.717, 1.165) is 22.6 Å². The summed E-state index contributed by atoms with van der Waals surface area (Å²) >= 11 is 0. The average molecular weight is 451 g/mol. The standard InChI is InChI=1S/C29H26N2O3/c1-19-11-12-23(15-20(19)2)29-31-26-17-24(13-14-27(26)34-29)30-28(32)22-9-6-10-25(16-22)33-18-21-7-4-3-5-8-21/h3-17,29,31H,18H2,1-2H3,(H,30,32). The van der Waals surface area contributed by atoms with Crippen molar-refractivity contribution in [2.24, 2.45) is 0 Å². The molecule has 0 aliphatic carbocycles. The zero-order valence-electron chi connectivity index (χ0n) is 19.2. The number of hydrogen-bond acceptors (Lipinski definition) is 4. The van der Waals surface area contributed by atoms with Gasteiger partial charge in [0, 0.05) is 16.8 Å². The van der Waals surface area contributed by atoms with Crippen LogP contribution < -0.4 is 20.1 Å². The highest BCUT2D eigenvalue weighted by molar-refractivity contribution is 6.04. The molecule has 1 aliphatic heterocycles. The van der Waals surface area contributed by atoms with Gasteiger partial charge in [0.2, 0.25) is 0 Å². The Hall–Kier alpha value is -4.25. The van der Waals surface area contributed by atoms with Gasteiger partial charge in [-0.25, -0.2) is 0 Å². The first-order valence-corrected chi connectivity index (χ1v) is 11.3. The number of carbonyl (C=O) groups excluding carboxylic acids is 1. The van der Waals surface area contributed by atoms with Crippen LogP contribution in [-0.2, 0) is 6.61 Å². The molecule has 0 aromatic heterocycles. The van der Waals surface area contributed by atoms with Gasteiger partial charge in [0.25, 0.3) is 5.91 Å². The molecule has 5 nitrogen and oxygen atoms in total. The minimum atomic E-state index is -0.251. The molecule has 34 heavy (non-hydrogen) atoms. The van der Waals surface area contributed by atoms with Crippen molar-refractivity contribution in [3.63, 3.8) is 0 Å². The Morgan fingerprint density at radius 3 is 2.59 bits per heavy atom. The van der Waals surface area contributed by atoms with Crippen LogP contribution in [0.5, 0.6) is 11.5 Å². The first kappa shape index (κ1) is 21.6. The van der Waals surface area contributed by atoms with Gasteiger partial charge >= 0.3 is 0 Å². The number of carbonyl (C=O) groups is 1. The molecule has 2 N–H and O–H groups in total. The first-order chi connectivity index (χ1) is 16.5. The molecule has 0 radical (unpaired) electrons. The second-order valence-corrected chi connectivity index (χ2v) is 8.45. The summed E-state index contributed by atoms with van der Waals surface area (Å²) in [4.78, 5) is 12.9. The summed E-state index contributed by atoms with van der Waals surface area (Å²) < 4.78 is 11.9. The zero-order valence-corrected chi connectivity index (χ0v) is 19.2. The lowest BCUT2D eigenvalue weighted by molar-refractivity contribution is 0.102. The normalized spacial score (nSPS) is 14.0. The molecular weight excluding hydrogens is 424 g/mol. The largest absolute Gasteiger partial charge is 0.489 e. The minimum absolute atomic E-state index is 0.199. The van der Waals surface area contributed by atoms with Crippen LogP contribution in [0.3, 0.4) is 0 Å². The van der Waals surface area contributed by atoms with Crippen LogP contribution in [-0.4, -0.2) is 5.91 Å². The minimum Gasteiger partial charge on any atom is -0.489 e. The summed E-state index contributed by atoms with van der Waals surface area (Å²) in [5.74, 6) is 1.21. The number of amides is 1. The van der Waals surface area contributed by atoms with Crippen LogP contribution in [0.15, 0.2) is 91.0 Å². The van der Waals surface area contributed by atoms with Crippen molar-refractivity contribution in [3.8, 4) is 11.5 Å². The van der Waals surface area contributed by atoms with Crippen molar-refractivity contribution < 1.29 is 14.3 Å². The van der Waals surface area contributed by atoms with Crippen LogP contribution in [0.2, 0.25) is 0 Å². The predicted molar refractivity (Wildman–Crippen MR) is 135 cm³/mol. The molecule has 1 amide bonds. The summed E-state index contributed by atoms with van der Waals surface area (Å²) in [6, 6.07) is 29.0. The van der Waals surface area contributed by atoms with E-state index in [9.17, 15) is 4.79 Å². The fourth-order valence-corrected chi connectivity index (χ4v) is 3.87. The predicted octanol–water partition coefficient (Wildman–Crippen LogP) is 6.64. The molecule has 1 atom stereocenters. The molecule has 0 fully saturated rings. The number of aryl methyl sites for hydroxylation is 2. The topological polar surface area (TPSA) is 59.6 Å². The molecule has 1 heterocycles. The number of fused-ring (bicyclic) bond motifs is 1. The van der Waals surface area contributed by atoms with E-state index in [0.29, 0.717) is 23.6 Å². The van der Waals surface area contributed by atoms with E-state index in [1.807, 2.05) is 60.7 Å². The first-order valence-electron chi connectivity index (χ1n) is 11.3. The average Bonchev–Trinajstić information content (AvgIpc) is 3.29. The van der Waals surface area contributed by atoms with Gasteiger partial charge in [-0.3, -0.25) is 4.79 Å². The highest BCUT2D eigenvalue weighted by Gasteiger charge is 2.24. The third kappa shape index (κ3) is 4.74. The van der Waals surface area contributed by atoms with Crippen molar-refractivity contribution in [3.05, 3.63) is 119 Å². The molecule has 0 saturated heterocycles. The molecule has 5 heteroatoms. The Balaban J connectivity index is 1.24. The van der Waals surface area contributed by atoms with Crippen molar-refractivity contribution in [2.45, 2.75) is 26.7 Å². The summed E-state index contributed by atoms with van der Waals surface area (Å²) in [7, 11) is 0. The van der Waals surface area contributed by atoms with Gasteiger partial charge in [-0.15, -0.1) is 0 Å². The SMILES string of the molecule is Cc1ccc(C2Nc3cc(NC(=O)c4cccc(OCc5ccccc5)c4)ccc3O2)cc1C. The maximum atomic E-state index is 12.9. The van der Waals surface area contributed by atoms with Crippen molar-refractivity contribution in [1.29, 1.82) is 0 Å². The van der Waals surface area contributed by atoms with Crippen LogP contribution in [0.4, 0.5) is 11.4 Å². The van der Waals surface area contributed by atoms with Crippen molar-refractivity contribution in [2.75, 3.05) is 10.6 Å².